The molecule has 94 valence electrons. The van der Waals surface area contributed by atoms with Crippen molar-refractivity contribution in [3.63, 3.8) is 0 Å². The molecule has 1 nitrogen and oxygen atoms in total. The minimum atomic E-state index is 0.785. The highest BCUT2D eigenvalue weighted by molar-refractivity contribution is 5.26. The second kappa shape index (κ2) is 5.68. The lowest BCUT2D eigenvalue weighted by atomic mass is 9.89. The topological polar surface area (TPSA) is 12.0 Å². The van der Waals surface area contributed by atoms with Crippen molar-refractivity contribution in [2.75, 3.05) is 13.1 Å². The van der Waals surface area contributed by atoms with Crippen LogP contribution in [0, 0.1) is 17.8 Å². The summed E-state index contributed by atoms with van der Waals surface area (Å²) in [6, 6.07) is 11.0. The zero-order valence-electron chi connectivity index (χ0n) is 11.3. The molecule has 1 aliphatic carbocycles. The van der Waals surface area contributed by atoms with E-state index in [1.54, 1.807) is 5.56 Å². The summed E-state index contributed by atoms with van der Waals surface area (Å²) >= 11 is 0. The summed E-state index contributed by atoms with van der Waals surface area (Å²) in [5, 5.41) is 3.52. The van der Waals surface area contributed by atoms with E-state index in [1.807, 2.05) is 0 Å². The third-order valence-electron chi connectivity index (χ3n) is 4.10. The third-order valence-corrected chi connectivity index (χ3v) is 4.10. The summed E-state index contributed by atoms with van der Waals surface area (Å²) in [6.45, 7) is 9.19. The third kappa shape index (κ3) is 3.10. The van der Waals surface area contributed by atoms with Crippen LogP contribution in [0.2, 0.25) is 0 Å². The van der Waals surface area contributed by atoms with Gasteiger partial charge in [0, 0.05) is 0 Å². The van der Waals surface area contributed by atoms with E-state index in [0.29, 0.717) is 0 Å². The molecule has 0 aromatic heterocycles. The van der Waals surface area contributed by atoms with Crippen molar-refractivity contribution < 1.29 is 0 Å². The maximum atomic E-state index is 3.52. The molecule has 0 amide bonds. The highest BCUT2D eigenvalue weighted by atomic mass is 14.9. The molecule has 3 atom stereocenters. The second-order valence-corrected chi connectivity index (χ2v) is 5.63. The minimum absolute atomic E-state index is 0.785. The quantitative estimate of drug-likeness (QED) is 0.787. The number of benzene rings is 1. The monoisotopic (exact) mass is 231 g/mol. The van der Waals surface area contributed by atoms with Crippen LogP contribution in [-0.4, -0.2) is 13.1 Å². The highest BCUT2D eigenvalue weighted by Gasteiger charge is 2.44. The van der Waals surface area contributed by atoms with Gasteiger partial charge in [-0.05, 0) is 48.7 Å². The largest absolute Gasteiger partial charge is 0.317 e. The van der Waals surface area contributed by atoms with Crippen LogP contribution in [0.15, 0.2) is 30.3 Å². The Labute approximate surface area is 106 Å². The van der Waals surface area contributed by atoms with Crippen LogP contribution < -0.4 is 5.32 Å². The van der Waals surface area contributed by atoms with Gasteiger partial charge in [-0.2, -0.15) is 0 Å². The highest BCUT2D eigenvalue weighted by Crippen LogP contribution is 2.53. The standard InChI is InChI=1S/C16H25N/c1-4-17-11-16(12(2)3)15-10-14(15)13-8-6-5-7-9-13/h5-9,12,14-17H,4,10-11H2,1-3H3. The van der Waals surface area contributed by atoms with Gasteiger partial charge >= 0.3 is 0 Å². The van der Waals surface area contributed by atoms with Gasteiger partial charge in [-0.1, -0.05) is 51.1 Å². The molecule has 1 saturated carbocycles. The Hall–Kier alpha value is -0.820. The van der Waals surface area contributed by atoms with Crippen LogP contribution in [0.1, 0.15) is 38.7 Å². The van der Waals surface area contributed by atoms with Crippen LogP contribution in [-0.2, 0) is 0 Å². The fraction of sp³-hybridized carbons (Fsp3) is 0.625. The summed E-state index contributed by atoms with van der Waals surface area (Å²) in [4.78, 5) is 0. The molecule has 3 unspecified atom stereocenters. The fourth-order valence-electron chi connectivity index (χ4n) is 2.96. The predicted octanol–water partition coefficient (Wildman–Crippen LogP) is 3.67. The van der Waals surface area contributed by atoms with Crippen LogP contribution in [0.4, 0.5) is 0 Å². The average molecular weight is 231 g/mol. The van der Waals surface area contributed by atoms with Gasteiger partial charge in [0.15, 0.2) is 0 Å². The maximum Gasteiger partial charge on any atom is -0.00153 e. The summed E-state index contributed by atoms with van der Waals surface area (Å²) in [7, 11) is 0. The summed E-state index contributed by atoms with van der Waals surface area (Å²) in [6.07, 6.45) is 1.39. The molecule has 0 heterocycles. The van der Waals surface area contributed by atoms with Crippen molar-refractivity contribution >= 4 is 0 Å². The fourth-order valence-corrected chi connectivity index (χ4v) is 2.96. The molecule has 1 aliphatic rings. The molecule has 1 N–H and O–H groups in total. The second-order valence-electron chi connectivity index (χ2n) is 5.63. The molecular weight excluding hydrogens is 206 g/mol. The Morgan fingerprint density at radius 1 is 1.24 bits per heavy atom. The van der Waals surface area contributed by atoms with Crippen LogP contribution >= 0.6 is 0 Å². The SMILES string of the molecule is CCNCC(C(C)C)C1CC1c1ccccc1. The molecule has 1 fully saturated rings. The molecule has 0 aliphatic heterocycles. The van der Waals surface area contributed by atoms with Gasteiger partial charge in [0.25, 0.3) is 0 Å². The van der Waals surface area contributed by atoms with Gasteiger partial charge in [0.1, 0.15) is 0 Å². The summed E-state index contributed by atoms with van der Waals surface area (Å²) in [5.41, 5.74) is 1.54. The Balaban J connectivity index is 1.95. The molecule has 0 saturated heterocycles. The zero-order valence-corrected chi connectivity index (χ0v) is 11.3. The lowest BCUT2D eigenvalue weighted by Crippen LogP contribution is -2.27. The summed E-state index contributed by atoms with van der Waals surface area (Å²) < 4.78 is 0. The van der Waals surface area contributed by atoms with Crippen molar-refractivity contribution in [1.82, 2.24) is 5.32 Å². The van der Waals surface area contributed by atoms with E-state index < -0.39 is 0 Å². The van der Waals surface area contributed by atoms with Gasteiger partial charge in [0.05, 0.1) is 0 Å². The Kier molecular flexibility index (Phi) is 4.22. The minimum Gasteiger partial charge on any atom is -0.317 e. The number of rotatable bonds is 6. The first kappa shape index (κ1) is 12.6. The van der Waals surface area contributed by atoms with E-state index >= 15 is 0 Å². The Bertz CT molecular complexity index is 331. The van der Waals surface area contributed by atoms with Crippen LogP contribution in [0.25, 0.3) is 0 Å². The van der Waals surface area contributed by atoms with Gasteiger partial charge in [-0.15, -0.1) is 0 Å². The molecule has 17 heavy (non-hydrogen) atoms. The van der Waals surface area contributed by atoms with Gasteiger partial charge in [-0.3, -0.25) is 0 Å². The first-order valence-corrected chi connectivity index (χ1v) is 6.99. The van der Waals surface area contributed by atoms with Crippen molar-refractivity contribution in [2.45, 2.75) is 33.1 Å². The van der Waals surface area contributed by atoms with E-state index in [0.717, 1.165) is 30.2 Å². The van der Waals surface area contributed by atoms with Crippen molar-refractivity contribution in [2.24, 2.45) is 17.8 Å². The van der Waals surface area contributed by atoms with Crippen molar-refractivity contribution in [1.29, 1.82) is 0 Å². The normalized spacial score (nSPS) is 24.9. The number of hydrogen-bond donors (Lipinski definition) is 1. The number of nitrogens with one attached hydrogen (secondary N) is 1. The van der Waals surface area contributed by atoms with Crippen molar-refractivity contribution in [3.8, 4) is 0 Å². The van der Waals surface area contributed by atoms with Crippen LogP contribution in [0.3, 0.4) is 0 Å². The Morgan fingerprint density at radius 2 is 1.94 bits per heavy atom. The zero-order chi connectivity index (χ0) is 12.3. The van der Waals surface area contributed by atoms with Crippen LogP contribution in [0.5, 0.6) is 0 Å². The van der Waals surface area contributed by atoms with Gasteiger partial charge in [0.2, 0.25) is 0 Å². The average Bonchev–Trinajstić information content (AvgIpc) is 3.10. The molecule has 1 heteroatoms. The molecule has 0 radical (unpaired) electrons. The van der Waals surface area contributed by atoms with Gasteiger partial charge < -0.3 is 5.32 Å². The van der Waals surface area contributed by atoms with E-state index in [9.17, 15) is 0 Å². The number of hydrogen-bond acceptors (Lipinski definition) is 1. The van der Waals surface area contributed by atoms with E-state index in [4.69, 9.17) is 0 Å². The summed E-state index contributed by atoms with van der Waals surface area (Å²) in [5.74, 6) is 3.34. The molecule has 0 bridgehead atoms. The molecule has 0 spiro atoms. The molecule has 1 aromatic rings. The van der Waals surface area contributed by atoms with E-state index in [1.165, 1.54) is 13.0 Å². The maximum absolute atomic E-state index is 3.52. The van der Waals surface area contributed by atoms with Crippen molar-refractivity contribution in [3.05, 3.63) is 35.9 Å². The van der Waals surface area contributed by atoms with E-state index in [-0.39, 0.29) is 0 Å². The lowest BCUT2D eigenvalue weighted by molar-refractivity contribution is 0.320. The Morgan fingerprint density at radius 3 is 2.53 bits per heavy atom. The molecule has 1 aromatic carbocycles. The predicted molar refractivity (Wildman–Crippen MR) is 74.2 cm³/mol. The molecular formula is C16H25N. The van der Waals surface area contributed by atoms with E-state index in [2.05, 4.69) is 56.4 Å². The van der Waals surface area contributed by atoms with Gasteiger partial charge in [-0.25, -0.2) is 0 Å². The first-order valence-electron chi connectivity index (χ1n) is 6.99. The first-order chi connectivity index (χ1) is 8.24. The molecule has 2 rings (SSSR count). The lowest BCUT2D eigenvalue weighted by Gasteiger charge is -2.21. The smallest absolute Gasteiger partial charge is 0.00153 e.